The molecule has 0 aliphatic heterocycles. The topological polar surface area (TPSA) is 85.7 Å². The first-order chi connectivity index (χ1) is 8.65. The van der Waals surface area contributed by atoms with E-state index < -0.39 is 0 Å². The van der Waals surface area contributed by atoms with Gasteiger partial charge in [0.05, 0.1) is 18.7 Å². The van der Waals surface area contributed by atoms with Gasteiger partial charge in [-0.25, -0.2) is 0 Å². The predicted octanol–water partition coefficient (Wildman–Crippen LogP) is 1.03. The van der Waals surface area contributed by atoms with Crippen LogP contribution in [0.25, 0.3) is 10.9 Å². The van der Waals surface area contributed by atoms with Crippen LogP contribution in [0.15, 0.2) is 34.1 Å². The molecule has 3 N–H and O–H groups in total. The number of benzene rings is 1. The Morgan fingerprint density at radius 3 is 2.83 bits per heavy atom. The molecule has 1 aromatic heterocycles. The number of aromatic hydroxyl groups is 1. The Morgan fingerprint density at radius 2 is 2.11 bits per heavy atom. The van der Waals surface area contributed by atoms with Crippen molar-refractivity contribution >= 4 is 16.6 Å². The number of nitrogens with one attached hydrogen (secondary N) is 1. The maximum absolute atomic E-state index is 11.9. The molecule has 2 aromatic rings. The van der Waals surface area contributed by atoms with Crippen LogP contribution in [0.5, 0.6) is 5.75 Å². The Kier molecular flexibility index (Phi) is 3.43. The first-order valence-corrected chi connectivity index (χ1v) is 5.61. The third kappa shape index (κ3) is 2.12. The molecular formula is C13H14N2O3. The summed E-state index contributed by atoms with van der Waals surface area (Å²) in [7, 11) is 0. The van der Waals surface area contributed by atoms with Crippen molar-refractivity contribution in [1.82, 2.24) is 4.98 Å². The monoisotopic (exact) mass is 246 g/mol. The Bertz CT molecular complexity index is 659. The molecule has 0 saturated heterocycles. The maximum Gasteiger partial charge on any atom is 0.261 e. The van der Waals surface area contributed by atoms with E-state index >= 15 is 0 Å². The van der Waals surface area contributed by atoms with Crippen molar-refractivity contribution in [1.29, 1.82) is 0 Å². The molecular weight excluding hydrogens is 232 g/mol. The van der Waals surface area contributed by atoms with Crippen molar-refractivity contribution in [2.45, 2.75) is 6.92 Å². The van der Waals surface area contributed by atoms with Crippen molar-refractivity contribution in [3.8, 4) is 5.75 Å². The minimum absolute atomic E-state index is 0.0754. The van der Waals surface area contributed by atoms with E-state index in [-0.39, 0.29) is 30.0 Å². The van der Waals surface area contributed by atoms with Gasteiger partial charge >= 0.3 is 0 Å². The molecule has 0 spiro atoms. The second kappa shape index (κ2) is 5.01. The zero-order valence-corrected chi connectivity index (χ0v) is 9.97. The summed E-state index contributed by atoms with van der Waals surface area (Å²) >= 11 is 0. The second-order valence-electron chi connectivity index (χ2n) is 3.91. The van der Waals surface area contributed by atoms with Crippen LogP contribution >= 0.6 is 0 Å². The highest BCUT2D eigenvalue weighted by atomic mass is 16.3. The number of fused-ring (bicyclic) bond motifs is 1. The lowest BCUT2D eigenvalue weighted by Gasteiger charge is -2.06. The highest BCUT2D eigenvalue weighted by Crippen LogP contribution is 2.24. The van der Waals surface area contributed by atoms with Crippen molar-refractivity contribution in [2.75, 3.05) is 13.2 Å². The van der Waals surface area contributed by atoms with Crippen LogP contribution in [0, 0.1) is 0 Å². The number of H-pyrrole nitrogens is 1. The van der Waals surface area contributed by atoms with E-state index in [1.54, 1.807) is 31.2 Å². The average Bonchev–Trinajstić information content (AvgIpc) is 2.36. The average molecular weight is 246 g/mol. The van der Waals surface area contributed by atoms with Crippen molar-refractivity contribution in [3.63, 3.8) is 0 Å². The van der Waals surface area contributed by atoms with E-state index in [0.717, 1.165) is 0 Å². The summed E-state index contributed by atoms with van der Waals surface area (Å²) in [4.78, 5) is 18.6. The molecule has 0 atom stereocenters. The quantitative estimate of drug-likeness (QED) is 0.707. The van der Waals surface area contributed by atoms with Gasteiger partial charge in [-0.3, -0.25) is 9.79 Å². The fraction of sp³-hybridized carbons (Fsp3) is 0.231. The van der Waals surface area contributed by atoms with Gasteiger partial charge < -0.3 is 15.2 Å². The molecule has 1 heterocycles. The van der Waals surface area contributed by atoms with Gasteiger partial charge in [-0.05, 0) is 19.1 Å². The van der Waals surface area contributed by atoms with Gasteiger partial charge in [0, 0.05) is 11.1 Å². The molecule has 1 aromatic carbocycles. The molecule has 0 radical (unpaired) electrons. The Balaban J connectivity index is 2.68. The minimum Gasteiger partial charge on any atom is -0.506 e. The van der Waals surface area contributed by atoms with Crippen LogP contribution in [0.3, 0.4) is 0 Å². The van der Waals surface area contributed by atoms with E-state index in [1.165, 1.54) is 0 Å². The number of hydrogen-bond donors (Lipinski definition) is 3. The third-order valence-corrected chi connectivity index (χ3v) is 2.71. The van der Waals surface area contributed by atoms with Crippen LogP contribution in [-0.2, 0) is 0 Å². The van der Waals surface area contributed by atoms with Crippen LogP contribution in [0.2, 0.25) is 0 Å². The minimum atomic E-state index is -0.384. The normalized spacial score (nSPS) is 12.0. The summed E-state index contributed by atoms with van der Waals surface area (Å²) in [5.41, 5.74) is 0.764. The van der Waals surface area contributed by atoms with Crippen molar-refractivity contribution in [3.05, 3.63) is 40.2 Å². The van der Waals surface area contributed by atoms with Gasteiger partial charge in [0.15, 0.2) is 0 Å². The van der Waals surface area contributed by atoms with Crippen LogP contribution in [-0.4, -0.2) is 34.1 Å². The number of hydrogen-bond acceptors (Lipinski definition) is 4. The molecule has 5 nitrogen and oxygen atoms in total. The van der Waals surface area contributed by atoms with Gasteiger partial charge in [-0.15, -0.1) is 0 Å². The van der Waals surface area contributed by atoms with Gasteiger partial charge in [-0.2, -0.15) is 0 Å². The fourth-order valence-electron chi connectivity index (χ4n) is 1.86. The van der Waals surface area contributed by atoms with Crippen LogP contribution < -0.4 is 5.56 Å². The highest BCUT2D eigenvalue weighted by Gasteiger charge is 2.13. The molecule has 0 fully saturated rings. The number of aromatic amines is 1. The molecule has 0 aliphatic carbocycles. The molecule has 0 unspecified atom stereocenters. The number of aliphatic hydroxyl groups is 1. The maximum atomic E-state index is 11.9. The molecule has 0 bridgehead atoms. The standard InChI is InChI=1S/C13H14N2O3/c1-8(14-6-7-16)11-12(17)9-4-2-3-5-10(9)15-13(11)18/h2-5,16H,6-7H2,1H3,(H2,15,17,18). The van der Waals surface area contributed by atoms with E-state index in [4.69, 9.17) is 5.11 Å². The highest BCUT2D eigenvalue weighted by molar-refractivity contribution is 6.05. The zero-order valence-electron chi connectivity index (χ0n) is 9.97. The summed E-state index contributed by atoms with van der Waals surface area (Å²) in [6, 6.07) is 7.01. The Labute approximate surface area is 103 Å². The molecule has 2 rings (SSSR count). The molecule has 0 amide bonds. The van der Waals surface area contributed by atoms with E-state index in [9.17, 15) is 9.90 Å². The molecule has 5 heteroatoms. The number of para-hydroxylation sites is 1. The number of aliphatic hydroxyl groups excluding tert-OH is 1. The predicted molar refractivity (Wildman–Crippen MR) is 70.4 cm³/mol. The Hall–Kier alpha value is -2.14. The Morgan fingerprint density at radius 1 is 1.39 bits per heavy atom. The lowest BCUT2D eigenvalue weighted by atomic mass is 10.1. The van der Waals surface area contributed by atoms with Gasteiger partial charge in [-0.1, -0.05) is 12.1 Å². The number of aliphatic imine (C=N–C) groups is 1. The second-order valence-corrected chi connectivity index (χ2v) is 3.91. The van der Waals surface area contributed by atoms with Crippen molar-refractivity contribution in [2.24, 2.45) is 4.99 Å². The van der Waals surface area contributed by atoms with E-state index in [2.05, 4.69) is 9.98 Å². The molecule has 0 aliphatic rings. The smallest absolute Gasteiger partial charge is 0.261 e. The van der Waals surface area contributed by atoms with E-state index in [0.29, 0.717) is 16.6 Å². The van der Waals surface area contributed by atoms with Gasteiger partial charge in [0.2, 0.25) is 0 Å². The van der Waals surface area contributed by atoms with Crippen LogP contribution in [0.1, 0.15) is 12.5 Å². The SMILES string of the molecule is CC(=NCCO)c1c(O)c2ccccc2[nH]c1=O. The number of rotatable bonds is 3. The zero-order chi connectivity index (χ0) is 13.1. The number of pyridine rings is 1. The summed E-state index contributed by atoms with van der Waals surface area (Å²) in [6.45, 7) is 1.75. The first kappa shape index (κ1) is 12.3. The largest absolute Gasteiger partial charge is 0.506 e. The summed E-state index contributed by atoms with van der Waals surface area (Å²) in [5, 5.41) is 19.4. The summed E-state index contributed by atoms with van der Waals surface area (Å²) < 4.78 is 0. The molecule has 0 saturated carbocycles. The third-order valence-electron chi connectivity index (χ3n) is 2.71. The number of nitrogens with zero attached hydrogens (tertiary/aromatic N) is 1. The van der Waals surface area contributed by atoms with Crippen LogP contribution in [0.4, 0.5) is 0 Å². The lowest BCUT2D eigenvalue weighted by Crippen LogP contribution is -2.17. The fourth-order valence-corrected chi connectivity index (χ4v) is 1.86. The lowest BCUT2D eigenvalue weighted by molar-refractivity contribution is 0.307. The molecule has 18 heavy (non-hydrogen) atoms. The summed E-state index contributed by atoms with van der Waals surface area (Å²) in [5.74, 6) is -0.0754. The van der Waals surface area contributed by atoms with E-state index in [1.807, 2.05) is 0 Å². The van der Waals surface area contributed by atoms with Crippen molar-refractivity contribution < 1.29 is 10.2 Å². The first-order valence-electron chi connectivity index (χ1n) is 5.61. The van der Waals surface area contributed by atoms with Gasteiger partial charge in [0.25, 0.3) is 5.56 Å². The summed E-state index contributed by atoms with van der Waals surface area (Å²) in [6.07, 6.45) is 0. The molecule has 94 valence electrons. The van der Waals surface area contributed by atoms with Gasteiger partial charge in [0.1, 0.15) is 11.3 Å². The number of aromatic nitrogens is 1.